The number of aromatic amines is 1. The molecule has 1 unspecified atom stereocenters. The van der Waals surface area contributed by atoms with Gasteiger partial charge in [-0.25, -0.2) is 0 Å². The number of rotatable bonds is 5. The van der Waals surface area contributed by atoms with Crippen LogP contribution in [0.3, 0.4) is 0 Å². The van der Waals surface area contributed by atoms with Crippen molar-refractivity contribution in [1.82, 2.24) is 4.98 Å². The van der Waals surface area contributed by atoms with Gasteiger partial charge in [-0.05, 0) is 29.9 Å². The summed E-state index contributed by atoms with van der Waals surface area (Å²) >= 11 is 0. The van der Waals surface area contributed by atoms with E-state index in [1.165, 1.54) is 0 Å². The van der Waals surface area contributed by atoms with E-state index < -0.39 is 0 Å². The molecular formula is C15H20N2O2. The molecule has 4 nitrogen and oxygen atoms in total. The number of fused-ring (bicyclic) bond motifs is 1. The van der Waals surface area contributed by atoms with Gasteiger partial charge in [0.1, 0.15) is 5.82 Å². The number of pyridine rings is 1. The maximum Gasteiger partial charge on any atom is 0.257 e. The van der Waals surface area contributed by atoms with Gasteiger partial charge in [0.05, 0.1) is 12.6 Å². The molecule has 0 aliphatic rings. The summed E-state index contributed by atoms with van der Waals surface area (Å²) in [7, 11) is 0. The molecule has 0 spiro atoms. The lowest BCUT2D eigenvalue weighted by atomic mass is 10.0. The minimum atomic E-state index is -0.109. The van der Waals surface area contributed by atoms with Gasteiger partial charge in [-0.2, -0.15) is 0 Å². The molecule has 1 aromatic heterocycles. The van der Waals surface area contributed by atoms with Gasteiger partial charge in [0.15, 0.2) is 0 Å². The number of benzene rings is 1. The molecular weight excluding hydrogens is 240 g/mol. The van der Waals surface area contributed by atoms with E-state index >= 15 is 0 Å². The Balaban J connectivity index is 2.28. The molecule has 0 saturated heterocycles. The second-order valence-corrected chi connectivity index (χ2v) is 5.25. The number of hydrogen-bond acceptors (Lipinski definition) is 3. The Hall–Kier alpha value is -1.81. The Morgan fingerprint density at radius 2 is 2.05 bits per heavy atom. The molecule has 2 aromatic rings. The van der Waals surface area contributed by atoms with Gasteiger partial charge >= 0.3 is 0 Å². The molecule has 0 saturated carbocycles. The van der Waals surface area contributed by atoms with Crippen molar-refractivity contribution >= 4 is 16.6 Å². The number of nitrogens with one attached hydrogen (secondary N) is 2. The summed E-state index contributed by atoms with van der Waals surface area (Å²) in [6.07, 6.45) is 0.853. The van der Waals surface area contributed by atoms with Crippen LogP contribution in [0.1, 0.15) is 20.3 Å². The summed E-state index contributed by atoms with van der Waals surface area (Å²) in [5, 5.41) is 14.1. The summed E-state index contributed by atoms with van der Waals surface area (Å²) in [5.41, 5.74) is -0.109. The van der Waals surface area contributed by atoms with Crippen molar-refractivity contribution < 1.29 is 5.11 Å². The summed E-state index contributed by atoms with van der Waals surface area (Å²) < 4.78 is 0. The summed E-state index contributed by atoms with van der Waals surface area (Å²) in [5.74, 6) is 1.14. The minimum Gasteiger partial charge on any atom is -0.394 e. The highest BCUT2D eigenvalue weighted by atomic mass is 16.3. The predicted molar refractivity (Wildman–Crippen MR) is 78.5 cm³/mol. The zero-order valence-electron chi connectivity index (χ0n) is 11.3. The molecule has 102 valence electrons. The van der Waals surface area contributed by atoms with Crippen LogP contribution in [0, 0.1) is 5.92 Å². The minimum absolute atomic E-state index is 0.0446. The highest BCUT2D eigenvalue weighted by Gasteiger charge is 2.10. The smallest absolute Gasteiger partial charge is 0.257 e. The highest BCUT2D eigenvalue weighted by Crippen LogP contribution is 2.15. The Kier molecular flexibility index (Phi) is 4.22. The first-order chi connectivity index (χ1) is 9.10. The van der Waals surface area contributed by atoms with Gasteiger partial charge in [0.25, 0.3) is 5.56 Å². The van der Waals surface area contributed by atoms with E-state index in [1.807, 2.05) is 24.3 Å². The van der Waals surface area contributed by atoms with Crippen LogP contribution in [0.5, 0.6) is 0 Å². The molecule has 1 aromatic carbocycles. The van der Waals surface area contributed by atoms with Crippen molar-refractivity contribution in [2.75, 3.05) is 11.9 Å². The largest absolute Gasteiger partial charge is 0.394 e. The highest BCUT2D eigenvalue weighted by molar-refractivity contribution is 5.83. The SMILES string of the molecule is CC(C)CC(CO)Nc1cc2ccccc2c(=O)[nH]1. The van der Waals surface area contributed by atoms with Crippen LogP contribution in [0.15, 0.2) is 35.1 Å². The third kappa shape index (κ3) is 3.35. The van der Waals surface area contributed by atoms with Crippen molar-refractivity contribution in [1.29, 1.82) is 0 Å². The number of aliphatic hydroxyl groups excluding tert-OH is 1. The van der Waals surface area contributed by atoms with Gasteiger partial charge in [-0.1, -0.05) is 32.0 Å². The number of aliphatic hydroxyl groups is 1. The van der Waals surface area contributed by atoms with E-state index in [4.69, 9.17) is 0 Å². The Labute approximate surface area is 112 Å². The van der Waals surface area contributed by atoms with Crippen LogP contribution in [0.25, 0.3) is 10.8 Å². The third-order valence-electron chi connectivity index (χ3n) is 3.09. The van der Waals surface area contributed by atoms with Gasteiger partial charge in [0, 0.05) is 5.39 Å². The summed E-state index contributed by atoms with van der Waals surface area (Å²) in [4.78, 5) is 14.7. The van der Waals surface area contributed by atoms with E-state index in [9.17, 15) is 9.90 Å². The second kappa shape index (κ2) is 5.89. The Bertz CT molecular complexity index is 604. The molecule has 3 N–H and O–H groups in total. The van der Waals surface area contributed by atoms with Crippen LogP contribution in [-0.2, 0) is 0 Å². The molecule has 0 fully saturated rings. The van der Waals surface area contributed by atoms with Crippen LogP contribution in [-0.4, -0.2) is 22.7 Å². The molecule has 0 radical (unpaired) electrons. The standard InChI is InChI=1S/C15H20N2O2/c1-10(2)7-12(9-18)16-14-8-11-5-3-4-6-13(11)15(19)17-14/h3-6,8,10,12,18H,7,9H2,1-2H3,(H2,16,17,19). The van der Waals surface area contributed by atoms with Crippen molar-refractivity contribution in [3.05, 3.63) is 40.7 Å². The fraction of sp³-hybridized carbons (Fsp3) is 0.400. The molecule has 4 heteroatoms. The van der Waals surface area contributed by atoms with E-state index in [0.717, 1.165) is 11.8 Å². The normalized spacial score (nSPS) is 12.8. The van der Waals surface area contributed by atoms with E-state index in [-0.39, 0.29) is 18.2 Å². The molecule has 0 aliphatic carbocycles. The molecule has 19 heavy (non-hydrogen) atoms. The van der Waals surface area contributed by atoms with Gasteiger partial charge in [0.2, 0.25) is 0 Å². The van der Waals surface area contributed by atoms with Crippen LogP contribution >= 0.6 is 0 Å². The third-order valence-corrected chi connectivity index (χ3v) is 3.09. The second-order valence-electron chi connectivity index (χ2n) is 5.25. The van der Waals surface area contributed by atoms with Crippen molar-refractivity contribution in [2.45, 2.75) is 26.3 Å². The quantitative estimate of drug-likeness (QED) is 0.773. The number of H-pyrrole nitrogens is 1. The van der Waals surface area contributed by atoms with E-state index in [0.29, 0.717) is 17.1 Å². The molecule has 1 atom stereocenters. The summed E-state index contributed by atoms with van der Waals surface area (Å²) in [6, 6.07) is 9.32. The van der Waals surface area contributed by atoms with Crippen molar-refractivity contribution in [3.8, 4) is 0 Å². The van der Waals surface area contributed by atoms with E-state index in [1.54, 1.807) is 6.07 Å². The van der Waals surface area contributed by atoms with Crippen LogP contribution in [0.4, 0.5) is 5.82 Å². The fourth-order valence-corrected chi connectivity index (χ4v) is 2.26. The number of aromatic nitrogens is 1. The maximum atomic E-state index is 11.9. The van der Waals surface area contributed by atoms with Gasteiger partial charge in [-0.15, -0.1) is 0 Å². The first-order valence-electron chi connectivity index (χ1n) is 6.59. The average molecular weight is 260 g/mol. The zero-order chi connectivity index (χ0) is 13.8. The maximum absolute atomic E-state index is 11.9. The lowest BCUT2D eigenvalue weighted by molar-refractivity contribution is 0.259. The Morgan fingerprint density at radius 3 is 2.74 bits per heavy atom. The monoisotopic (exact) mass is 260 g/mol. The molecule has 1 heterocycles. The predicted octanol–water partition coefficient (Wildman–Crippen LogP) is 2.35. The first-order valence-corrected chi connectivity index (χ1v) is 6.59. The van der Waals surface area contributed by atoms with Crippen molar-refractivity contribution in [3.63, 3.8) is 0 Å². The first kappa shape index (κ1) is 13.6. The Morgan fingerprint density at radius 1 is 1.32 bits per heavy atom. The molecule has 0 aliphatic heterocycles. The average Bonchev–Trinajstić information content (AvgIpc) is 2.37. The number of anilines is 1. The number of hydrogen-bond donors (Lipinski definition) is 3. The summed E-state index contributed by atoms with van der Waals surface area (Å²) in [6.45, 7) is 4.26. The van der Waals surface area contributed by atoms with Crippen LogP contribution < -0.4 is 10.9 Å². The zero-order valence-corrected chi connectivity index (χ0v) is 11.3. The molecule has 0 bridgehead atoms. The topological polar surface area (TPSA) is 65.1 Å². The van der Waals surface area contributed by atoms with Crippen molar-refractivity contribution in [2.24, 2.45) is 5.92 Å². The van der Waals surface area contributed by atoms with E-state index in [2.05, 4.69) is 24.1 Å². The molecule has 0 amide bonds. The fourth-order valence-electron chi connectivity index (χ4n) is 2.26. The lowest BCUT2D eigenvalue weighted by Gasteiger charge is -2.19. The van der Waals surface area contributed by atoms with Crippen LogP contribution in [0.2, 0.25) is 0 Å². The lowest BCUT2D eigenvalue weighted by Crippen LogP contribution is -2.27. The van der Waals surface area contributed by atoms with Gasteiger partial charge in [-0.3, -0.25) is 4.79 Å². The molecule has 2 rings (SSSR count). The van der Waals surface area contributed by atoms with Gasteiger partial charge < -0.3 is 15.4 Å².